The molecule has 2 heterocycles. The molecular weight excluding hydrogens is 388 g/mol. The molecule has 31 heavy (non-hydrogen) atoms. The first kappa shape index (κ1) is 19.8. The summed E-state index contributed by atoms with van der Waals surface area (Å²) in [5.41, 5.74) is 3.87. The quantitative estimate of drug-likeness (QED) is 0.572. The molecule has 0 radical (unpaired) electrons. The van der Waals surface area contributed by atoms with Crippen molar-refractivity contribution in [1.29, 1.82) is 0 Å². The molecule has 2 aliphatic rings. The Morgan fingerprint density at radius 2 is 1.48 bits per heavy atom. The number of para-hydroxylation sites is 1. The molecule has 0 aromatic heterocycles. The lowest BCUT2D eigenvalue weighted by atomic mass is 10.1. The van der Waals surface area contributed by atoms with E-state index in [1.165, 1.54) is 11.3 Å². The summed E-state index contributed by atoms with van der Waals surface area (Å²) in [6.07, 6.45) is 1.08. The first-order valence-electron chi connectivity index (χ1n) is 11.0. The van der Waals surface area contributed by atoms with Gasteiger partial charge in [-0.25, -0.2) is 0 Å². The van der Waals surface area contributed by atoms with Crippen molar-refractivity contribution in [2.75, 3.05) is 44.4 Å². The molecular formula is C26H28N2O3. The molecule has 0 saturated carbocycles. The van der Waals surface area contributed by atoms with Crippen molar-refractivity contribution in [2.24, 2.45) is 0 Å². The van der Waals surface area contributed by atoms with Crippen LogP contribution >= 0.6 is 0 Å². The van der Waals surface area contributed by atoms with Gasteiger partial charge in [-0.15, -0.1) is 0 Å². The molecule has 1 fully saturated rings. The molecule has 5 rings (SSSR count). The van der Waals surface area contributed by atoms with Crippen LogP contribution in [0.15, 0.2) is 72.8 Å². The molecule has 5 nitrogen and oxygen atoms in total. The fourth-order valence-corrected chi connectivity index (χ4v) is 4.09. The summed E-state index contributed by atoms with van der Waals surface area (Å²) in [4.78, 5) is 5.04. The molecule has 0 aliphatic carbocycles. The molecule has 0 bridgehead atoms. The van der Waals surface area contributed by atoms with Gasteiger partial charge in [0.1, 0.15) is 12.4 Å². The SMILES string of the molecule is c1ccc(N2CCN(CCc3ccc(COc4ccc5c(c4)OCO5)cc3)CC2)cc1. The van der Waals surface area contributed by atoms with E-state index < -0.39 is 0 Å². The van der Waals surface area contributed by atoms with Gasteiger partial charge in [0.25, 0.3) is 0 Å². The highest BCUT2D eigenvalue weighted by molar-refractivity contribution is 5.47. The summed E-state index contributed by atoms with van der Waals surface area (Å²) >= 11 is 0. The van der Waals surface area contributed by atoms with E-state index in [-0.39, 0.29) is 6.79 Å². The number of hydrogen-bond donors (Lipinski definition) is 0. The topological polar surface area (TPSA) is 34.2 Å². The molecule has 0 atom stereocenters. The zero-order valence-electron chi connectivity index (χ0n) is 17.7. The van der Waals surface area contributed by atoms with Gasteiger partial charge in [-0.1, -0.05) is 42.5 Å². The highest BCUT2D eigenvalue weighted by Gasteiger charge is 2.17. The van der Waals surface area contributed by atoms with Gasteiger partial charge in [-0.2, -0.15) is 0 Å². The van der Waals surface area contributed by atoms with Crippen LogP contribution in [0.1, 0.15) is 11.1 Å². The summed E-state index contributed by atoms with van der Waals surface area (Å²) in [5.74, 6) is 2.32. The minimum atomic E-state index is 0.281. The summed E-state index contributed by atoms with van der Waals surface area (Å²) in [5, 5.41) is 0. The Kier molecular flexibility index (Phi) is 5.94. The second-order valence-corrected chi connectivity index (χ2v) is 8.03. The van der Waals surface area contributed by atoms with Crippen molar-refractivity contribution in [2.45, 2.75) is 13.0 Å². The van der Waals surface area contributed by atoms with Gasteiger partial charge in [-0.3, -0.25) is 4.90 Å². The van der Waals surface area contributed by atoms with E-state index in [1.54, 1.807) is 0 Å². The predicted octanol–water partition coefficient (Wildman–Crippen LogP) is 4.36. The number of benzene rings is 3. The number of nitrogens with zero attached hydrogens (tertiary/aromatic N) is 2. The van der Waals surface area contributed by atoms with E-state index in [0.29, 0.717) is 6.61 Å². The summed E-state index contributed by atoms with van der Waals surface area (Å²) in [6.45, 7) is 6.37. The van der Waals surface area contributed by atoms with Crippen LogP contribution in [0.25, 0.3) is 0 Å². The Balaban J connectivity index is 1.06. The largest absolute Gasteiger partial charge is 0.489 e. The fourth-order valence-electron chi connectivity index (χ4n) is 4.09. The van der Waals surface area contributed by atoms with Crippen LogP contribution in [-0.2, 0) is 13.0 Å². The Bertz CT molecular complexity index is 983. The first-order chi connectivity index (χ1) is 15.3. The maximum absolute atomic E-state index is 5.91. The molecule has 160 valence electrons. The average Bonchev–Trinajstić information content (AvgIpc) is 3.31. The zero-order chi connectivity index (χ0) is 20.9. The van der Waals surface area contributed by atoms with Gasteiger partial charge in [0.05, 0.1) is 0 Å². The standard InChI is InChI=1S/C26H28N2O3/c1-2-4-23(5-3-1)28-16-14-27(15-17-28)13-12-21-6-8-22(9-7-21)19-29-24-10-11-25-26(18-24)31-20-30-25/h1-11,18H,12-17,19-20H2. The van der Waals surface area contributed by atoms with Gasteiger partial charge in [0.15, 0.2) is 11.5 Å². The molecule has 5 heteroatoms. The lowest BCUT2D eigenvalue weighted by Crippen LogP contribution is -2.46. The lowest BCUT2D eigenvalue weighted by molar-refractivity contribution is 0.173. The first-order valence-corrected chi connectivity index (χ1v) is 11.0. The van der Waals surface area contributed by atoms with Crippen molar-refractivity contribution in [3.05, 3.63) is 83.9 Å². The predicted molar refractivity (Wildman–Crippen MR) is 122 cm³/mol. The van der Waals surface area contributed by atoms with Crippen LogP contribution in [0, 0.1) is 0 Å². The maximum atomic E-state index is 5.91. The van der Waals surface area contributed by atoms with E-state index in [0.717, 1.165) is 62.0 Å². The molecule has 2 aliphatic heterocycles. The third kappa shape index (κ3) is 4.94. The van der Waals surface area contributed by atoms with Crippen LogP contribution in [0.2, 0.25) is 0 Å². The number of ether oxygens (including phenoxy) is 3. The molecule has 3 aromatic carbocycles. The van der Waals surface area contributed by atoms with Crippen LogP contribution < -0.4 is 19.1 Å². The van der Waals surface area contributed by atoms with Crippen molar-refractivity contribution in [3.8, 4) is 17.2 Å². The van der Waals surface area contributed by atoms with Gasteiger partial charge >= 0.3 is 0 Å². The summed E-state index contributed by atoms with van der Waals surface area (Å²) in [7, 11) is 0. The highest BCUT2D eigenvalue weighted by Crippen LogP contribution is 2.35. The van der Waals surface area contributed by atoms with Crippen LogP contribution in [0.4, 0.5) is 5.69 Å². The fraction of sp³-hybridized carbons (Fsp3) is 0.308. The third-order valence-electron chi connectivity index (χ3n) is 5.98. The number of anilines is 1. The second kappa shape index (κ2) is 9.31. The normalized spacial score (nSPS) is 15.8. The highest BCUT2D eigenvalue weighted by atomic mass is 16.7. The third-order valence-corrected chi connectivity index (χ3v) is 5.98. The van der Waals surface area contributed by atoms with Gasteiger partial charge in [-0.05, 0) is 41.8 Å². The monoisotopic (exact) mass is 416 g/mol. The molecule has 0 N–H and O–H groups in total. The van der Waals surface area contributed by atoms with Crippen molar-refractivity contribution in [1.82, 2.24) is 4.90 Å². The number of piperazine rings is 1. The molecule has 3 aromatic rings. The number of hydrogen-bond acceptors (Lipinski definition) is 5. The Hall–Kier alpha value is -3.18. The van der Waals surface area contributed by atoms with E-state index >= 15 is 0 Å². The van der Waals surface area contributed by atoms with Gasteiger partial charge in [0, 0.05) is 44.5 Å². The molecule has 1 saturated heterocycles. The molecule has 0 amide bonds. The Morgan fingerprint density at radius 1 is 0.742 bits per heavy atom. The van der Waals surface area contributed by atoms with E-state index in [1.807, 2.05) is 18.2 Å². The zero-order valence-corrected chi connectivity index (χ0v) is 17.7. The van der Waals surface area contributed by atoms with E-state index in [2.05, 4.69) is 64.4 Å². The van der Waals surface area contributed by atoms with Crippen molar-refractivity contribution >= 4 is 5.69 Å². The number of fused-ring (bicyclic) bond motifs is 1. The van der Waals surface area contributed by atoms with E-state index in [9.17, 15) is 0 Å². The second-order valence-electron chi connectivity index (χ2n) is 8.03. The average molecular weight is 417 g/mol. The van der Waals surface area contributed by atoms with Crippen molar-refractivity contribution < 1.29 is 14.2 Å². The summed E-state index contributed by atoms with van der Waals surface area (Å²) in [6, 6.07) is 25.2. The van der Waals surface area contributed by atoms with Crippen LogP contribution in [0.5, 0.6) is 17.2 Å². The van der Waals surface area contributed by atoms with Crippen molar-refractivity contribution in [3.63, 3.8) is 0 Å². The Morgan fingerprint density at radius 3 is 2.29 bits per heavy atom. The molecule has 0 unspecified atom stereocenters. The Labute approximate surface area is 183 Å². The van der Waals surface area contributed by atoms with Gasteiger partial charge < -0.3 is 19.1 Å². The van der Waals surface area contributed by atoms with Crippen LogP contribution in [-0.4, -0.2) is 44.4 Å². The lowest BCUT2D eigenvalue weighted by Gasteiger charge is -2.36. The van der Waals surface area contributed by atoms with E-state index in [4.69, 9.17) is 14.2 Å². The molecule has 0 spiro atoms. The van der Waals surface area contributed by atoms with Gasteiger partial charge in [0.2, 0.25) is 6.79 Å². The van der Waals surface area contributed by atoms with Crippen LogP contribution in [0.3, 0.4) is 0 Å². The minimum Gasteiger partial charge on any atom is -0.489 e. The number of rotatable bonds is 7. The minimum absolute atomic E-state index is 0.281. The maximum Gasteiger partial charge on any atom is 0.231 e. The summed E-state index contributed by atoms with van der Waals surface area (Å²) < 4.78 is 16.7. The smallest absolute Gasteiger partial charge is 0.231 e.